The van der Waals surface area contributed by atoms with E-state index in [1.807, 2.05) is 0 Å². The molecule has 0 rings (SSSR count). The fourth-order valence-electron chi connectivity index (χ4n) is 0. The van der Waals surface area contributed by atoms with Crippen molar-refractivity contribution in [3.63, 3.8) is 0 Å². The first-order chi connectivity index (χ1) is 2.41. The van der Waals surface area contributed by atoms with Crippen molar-refractivity contribution < 1.29 is 5.11 Å². The molecule has 0 atom stereocenters. The monoisotopic (exact) mass is 238 g/mol. The van der Waals surface area contributed by atoms with Gasteiger partial charge in [-0.25, -0.2) is 0 Å². The molecule has 0 bridgehead atoms. The summed E-state index contributed by atoms with van der Waals surface area (Å²) in [5, 5.41) is 7.00. The summed E-state index contributed by atoms with van der Waals surface area (Å²) in [4.78, 5) is 0. The molecular formula is C2H8Cl2OSn. The molecule has 4 heteroatoms. The normalized spacial score (nSPS) is 4.00. The van der Waals surface area contributed by atoms with E-state index in [1.165, 1.54) is 0 Å². The third-order valence-electron chi connectivity index (χ3n) is 0. The van der Waals surface area contributed by atoms with Gasteiger partial charge in [0.25, 0.3) is 0 Å². The Morgan fingerprint density at radius 1 is 1.33 bits per heavy atom. The Balaban J connectivity index is -0.0000000275. The van der Waals surface area contributed by atoms with Crippen molar-refractivity contribution in [2.24, 2.45) is 0 Å². The second-order valence-electron chi connectivity index (χ2n) is 0.0714. The molecule has 0 unspecified atom stereocenters. The average Bonchev–Trinajstić information content (AvgIpc) is 1.46. The zero-order valence-corrected chi connectivity index (χ0v) is 7.07. The summed E-state index contributed by atoms with van der Waals surface area (Å²) in [5.41, 5.74) is 0. The quantitative estimate of drug-likeness (QED) is 0.629. The van der Waals surface area contributed by atoms with Crippen LogP contribution in [0.15, 0.2) is 0 Å². The molecule has 0 aromatic heterocycles. The van der Waals surface area contributed by atoms with E-state index < -0.39 is 18.9 Å². The number of halogens is 2. The van der Waals surface area contributed by atoms with Crippen molar-refractivity contribution in [3.8, 4) is 0 Å². The zero-order valence-electron chi connectivity index (χ0n) is 2.70. The molecule has 0 saturated carbocycles. The number of aliphatic hydroxyl groups is 1. The Morgan fingerprint density at radius 2 is 1.33 bits per heavy atom. The van der Waals surface area contributed by atoms with E-state index in [4.69, 9.17) is 22.9 Å². The van der Waals surface area contributed by atoms with E-state index >= 15 is 0 Å². The Hall–Kier alpha value is 1.34. The summed E-state index contributed by atoms with van der Waals surface area (Å²) in [6.45, 7) is 0. The van der Waals surface area contributed by atoms with E-state index in [0.717, 1.165) is 7.11 Å². The van der Waals surface area contributed by atoms with Crippen LogP contribution in [0.5, 0.6) is 0 Å². The van der Waals surface area contributed by atoms with Crippen LogP contribution in [0.2, 0.25) is 0 Å². The summed E-state index contributed by atoms with van der Waals surface area (Å²) in [6, 6.07) is 0. The van der Waals surface area contributed by atoms with Gasteiger partial charge in [0.05, 0.1) is 0 Å². The van der Waals surface area contributed by atoms with Crippen LogP contribution in [-0.4, -0.2) is 31.1 Å². The number of hydrogen-bond acceptors (Lipinski definition) is 1. The van der Waals surface area contributed by atoms with Crippen LogP contribution in [0.4, 0.5) is 0 Å². The molecule has 2 radical (unpaired) electrons. The average molecular weight is 238 g/mol. The molecule has 1 nitrogen and oxygen atoms in total. The van der Waals surface area contributed by atoms with Crippen LogP contribution in [0, 0.1) is 0 Å². The minimum absolute atomic E-state index is 0. The van der Waals surface area contributed by atoms with Gasteiger partial charge in [-0.1, -0.05) is 7.43 Å². The molecule has 0 heterocycles. The van der Waals surface area contributed by atoms with Crippen LogP contribution in [0.3, 0.4) is 0 Å². The van der Waals surface area contributed by atoms with E-state index in [-0.39, 0.29) is 7.43 Å². The van der Waals surface area contributed by atoms with Crippen LogP contribution < -0.4 is 0 Å². The van der Waals surface area contributed by atoms with Crippen molar-refractivity contribution in [2.75, 3.05) is 7.11 Å². The molecule has 0 saturated heterocycles. The summed E-state index contributed by atoms with van der Waals surface area (Å²) in [5.74, 6) is 0. The first-order valence-corrected chi connectivity index (χ1v) is 8.05. The molecule has 0 fully saturated rings. The topological polar surface area (TPSA) is 20.2 Å². The first kappa shape index (κ1) is 15.7. The summed E-state index contributed by atoms with van der Waals surface area (Å²) in [7, 11) is 10.9. The van der Waals surface area contributed by atoms with Gasteiger partial charge in [0.1, 0.15) is 0 Å². The van der Waals surface area contributed by atoms with Crippen molar-refractivity contribution >= 4 is 36.7 Å². The number of aliphatic hydroxyl groups excluding tert-OH is 1. The van der Waals surface area contributed by atoms with Gasteiger partial charge in [-0.05, 0) is 0 Å². The molecule has 0 spiro atoms. The van der Waals surface area contributed by atoms with Gasteiger partial charge in [-0.15, -0.1) is 0 Å². The Labute approximate surface area is 56.3 Å². The Kier molecular flexibility index (Phi) is 86.2. The van der Waals surface area contributed by atoms with Gasteiger partial charge in [-0.3, -0.25) is 0 Å². The van der Waals surface area contributed by atoms with Gasteiger partial charge in [0.15, 0.2) is 0 Å². The third kappa shape index (κ3) is 56.1. The third-order valence-corrected chi connectivity index (χ3v) is 0. The minimum atomic E-state index is -0.826. The Bertz CT molecular complexity index is 11.5. The second-order valence-corrected chi connectivity index (χ2v) is 4.31. The SMILES string of the molecule is C.CO.[Cl][Sn][Cl]. The molecule has 0 aliphatic heterocycles. The summed E-state index contributed by atoms with van der Waals surface area (Å²) in [6.07, 6.45) is 0. The van der Waals surface area contributed by atoms with E-state index in [0.29, 0.717) is 0 Å². The van der Waals surface area contributed by atoms with Crippen LogP contribution in [0.25, 0.3) is 0 Å². The van der Waals surface area contributed by atoms with Gasteiger partial charge >= 0.3 is 36.7 Å². The predicted octanol–water partition coefficient (Wildman–Crippen LogP) is 1.24. The summed E-state index contributed by atoms with van der Waals surface area (Å²) < 4.78 is 0. The fraction of sp³-hybridized carbons (Fsp3) is 1.00. The molecule has 0 aliphatic rings. The number of rotatable bonds is 0. The van der Waals surface area contributed by atoms with Crippen LogP contribution in [-0.2, 0) is 0 Å². The molecule has 0 aliphatic carbocycles. The molecule has 40 valence electrons. The van der Waals surface area contributed by atoms with Gasteiger partial charge in [0, 0.05) is 7.11 Å². The van der Waals surface area contributed by atoms with Gasteiger partial charge < -0.3 is 5.11 Å². The van der Waals surface area contributed by atoms with Crippen molar-refractivity contribution in [2.45, 2.75) is 7.43 Å². The van der Waals surface area contributed by atoms with E-state index in [1.54, 1.807) is 0 Å². The van der Waals surface area contributed by atoms with E-state index in [2.05, 4.69) is 0 Å². The van der Waals surface area contributed by atoms with Gasteiger partial charge in [0.2, 0.25) is 0 Å². The van der Waals surface area contributed by atoms with Crippen molar-refractivity contribution in [1.29, 1.82) is 0 Å². The standard InChI is InChI=1S/CH4O.CH4.2ClH.Sn/c1-2;;;;/h2H,1H3;1H4;2*1H;/q;;;;+2/p-2. The fourth-order valence-corrected chi connectivity index (χ4v) is 0. The molecular weight excluding hydrogens is 230 g/mol. The second kappa shape index (κ2) is 33.0. The van der Waals surface area contributed by atoms with E-state index in [9.17, 15) is 0 Å². The maximum atomic E-state index is 7.00. The Morgan fingerprint density at radius 3 is 1.33 bits per heavy atom. The summed E-state index contributed by atoms with van der Waals surface area (Å²) >= 11 is -0.826. The van der Waals surface area contributed by atoms with Crippen molar-refractivity contribution in [3.05, 3.63) is 0 Å². The first-order valence-electron chi connectivity index (χ1n) is 0.825. The number of hydrogen-bond donors (Lipinski definition) is 1. The zero-order chi connectivity index (χ0) is 4.71. The van der Waals surface area contributed by atoms with Crippen LogP contribution >= 0.6 is 17.8 Å². The molecule has 1 N–H and O–H groups in total. The van der Waals surface area contributed by atoms with Crippen molar-refractivity contribution in [1.82, 2.24) is 0 Å². The molecule has 0 aromatic rings. The predicted molar refractivity (Wildman–Crippen MR) is 32.3 cm³/mol. The van der Waals surface area contributed by atoms with Crippen LogP contribution in [0.1, 0.15) is 7.43 Å². The molecule has 6 heavy (non-hydrogen) atoms. The molecule has 0 amide bonds. The maximum absolute atomic E-state index is 7.00. The molecule has 0 aromatic carbocycles. The van der Waals surface area contributed by atoms with Gasteiger partial charge in [-0.2, -0.15) is 0 Å².